The fourth-order valence-electron chi connectivity index (χ4n) is 3.14. The third-order valence-electron chi connectivity index (χ3n) is 4.18. The van der Waals surface area contributed by atoms with Crippen LogP contribution in [0.5, 0.6) is 0 Å². The van der Waals surface area contributed by atoms with Crippen molar-refractivity contribution in [3.05, 3.63) is 71.3 Å². The molecule has 3 rings (SSSR count). The Kier molecular flexibility index (Phi) is 4.06. The molecule has 2 atom stereocenters. The molecule has 0 saturated heterocycles. The molecule has 2 aromatic rings. The maximum atomic E-state index is 12.8. The Balaban J connectivity index is 2.29. The van der Waals surface area contributed by atoms with Crippen molar-refractivity contribution in [3.63, 3.8) is 0 Å². The van der Waals surface area contributed by atoms with Gasteiger partial charge in [-0.3, -0.25) is 24.1 Å². The summed E-state index contributed by atoms with van der Waals surface area (Å²) in [6, 6.07) is 13.2. The number of carboxylic acid groups (broad SMARTS) is 1. The number of rotatable bonds is 2. The number of imide groups is 1. The Morgan fingerprint density at radius 3 is 2.16 bits per heavy atom. The van der Waals surface area contributed by atoms with Crippen LogP contribution < -0.4 is 5.73 Å². The van der Waals surface area contributed by atoms with Crippen molar-refractivity contribution in [2.75, 3.05) is 0 Å². The highest BCUT2D eigenvalue weighted by Gasteiger charge is 2.47. The minimum Gasteiger partial charge on any atom is -0.481 e. The Morgan fingerprint density at radius 2 is 1.56 bits per heavy atom. The lowest BCUT2D eigenvalue weighted by molar-refractivity contribution is -0.147. The van der Waals surface area contributed by atoms with Gasteiger partial charge in [0.25, 0.3) is 5.91 Å². The highest BCUT2D eigenvalue weighted by molar-refractivity contribution is 6.38. The lowest BCUT2D eigenvalue weighted by Crippen LogP contribution is -2.51. The van der Waals surface area contributed by atoms with Gasteiger partial charge >= 0.3 is 17.8 Å². The predicted octanol–water partition coefficient (Wildman–Crippen LogP) is 1.06. The van der Waals surface area contributed by atoms with Gasteiger partial charge in [-0.15, -0.1) is 0 Å². The van der Waals surface area contributed by atoms with E-state index in [0.29, 0.717) is 16.0 Å². The number of primary amides is 1. The van der Waals surface area contributed by atoms with Crippen molar-refractivity contribution in [1.29, 1.82) is 0 Å². The second kappa shape index (κ2) is 6.20. The Hall–Kier alpha value is -3.48. The Morgan fingerprint density at radius 1 is 0.960 bits per heavy atom. The van der Waals surface area contributed by atoms with E-state index in [2.05, 4.69) is 0 Å². The number of hydrogen-bond donors (Lipinski definition) is 2. The summed E-state index contributed by atoms with van der Waals surface area (Å²) >= 11 is 0. The highest BCUT2D eigenvalue weighted by Crippen LogP contribution is 2.42. The molecule has 2 unspecified atom stereocenters. The third-order valence-corrected chi connectivity index (χ3v) is 4.18. The topological polar surface area (TPSA) is 118 Å². The largest absolute Gasteiger partial charge is 0.481 e. The van der Waals surface area contributed by atoms with Crippen LogP contribution in [0.1, 0.15) is 33.4 Å². The van der Waals surface area contributed by atoms with Crippen LogP contribution in [0.3, 0.4) is 0 Å². The monoisotopic (exact) mass is 338 g/mol. The van der Waals surface area contributed by atoms with Gasteiger partial charge in [-0.25, -0.2) is 0 Å². The second-order valence-electron chi connectivity index (χ2n) is 5.60. The number of hydrogen-bond acceptors (Lipinski definition) is 4. The van der Waals surface area contributed by atoms with Crippen LogP contribution in [-0.2, 0) is 14.4 Å². The van der Waals surface area contributed by atoms with Crippen LogP contribution >= 0.6 is 0 Å². The zero-order valence-electron chi connectivity index (χ0n) is 13.0. The van der Waals surface area contributed by atoms with E-state index in [4.69, 9.17) is 5.73 Å². The van der Waals surface area contributed by atoms with Crippen LogP contribution in [0.4, 0.5) is 0 Å². The molecule has 7 nitrogen and oxygen atoms in total. The van der Waals surface area contributed by atoms with Gasteiger partial charge in [0.05, 0.1) is 6.04 Å². The molecule has 126 valence electrons. The molecule has 0 spiro atoms. The molecular formula is C18H14N2O5. The quantitative estimate of drug-likeness (QED) is 0.794. The van der Waals surface area contributed by atoms with E-state index in [1.807, 2.05) is 0 Å². The van der Waals surface area contributed by atoms with Gasteiger partial charge in [-0.05, 0) is 17.2 Å². The molecule has 0 aliphatic carbocycles. The lowest BCUT2D eigenvalue weighted by Gasteiger charge is -2.38. The van der Waals surface area contributed by atoms with Crippen LogP contribution in [-0.4, -0.2) is 33.7 Å². The number of amides is 3. The van der Waals surface area contributed by atoms with Crippen molar-refractivity contribution in [2.45, 2.75) is 12.0 Å². The summed E-state index contributed by atoms with van der Waals surface area (Å²) in [5, 5.41) is 9.78. The third kappa shape index (κ3) is 2.65. The molecule has 25 heavy (non-hydrogen) atoms. The zero-order chi connectivity index (χ0) is 18.1. The molecule has 1 aliphatic heterocycles. The van der Waals surface area contributed by atoms with Crippen molar-refractivity contribution < 1.29 is 24.3 Å². The zero-order valence-corrected chi connectivity index (χ0v) is 13.0. The first-order valence-corrected chi connectivity index (χ1v) is 7.47. The molecule has 0 bridgehead atoms. The van der Waals surface area contributed by atoms with Gasteiger partial charge in [0.2, 0.25) is 0 Å². The maximum Gasteiger partial charge on any atom is 0.319 e. The van der Waals surface area contributed by atoms with E-state index in [-0.39, 0.29) is 5.56 Å². The number of nitrogens with zero attached hydrogens (tertiary/aromatic N) is 1. The first-order valence-electron chi connectivity index (χ1n) is 7.47. The summed E-state index contributed by atoms with van der Waals surface area (Å²) in [7, 11) is 0. The molecular weight excluding hydrogens is 324 g/mol. The van der Waals surface area contributed by atoms with Crippen molar-refractivity contribution in [2.24, 2.45) is 5.73 Å². The van der Waals surface area contributed by atoms with Crippen LogP contribution in [0, 0.1) is 0 Å². The standard InChI is InChI=1S/C18H14N2O5/c19-15(21)17(23)20-14(10-6-2-1-3-7-10)13(18(24)25)11-8-4-5-9-12(11)16(20)22/h1-9,13-14H,(H2,19,21)(H,24,25). The highest BCUT2D eigenvalue weighted by atomic mass is 16.4. The van der Waals surface area contributed by atoms with E-state index in [1.165, 1.54) is 12.1 Å². The minimum atomic E-state index is -1.32. The van der Waals surface area contributed by atoms with Gasteiger partial charge in [0.1, 0.15) is 5.92 Å². The molecule has 0 radical (unpaired) electrons. The van der Waals surface area contributed by atoms with Gasteiger partial charge in [0, 0.05) is 5.56 Å². The van der Waals surface area contributed by atoms with E-state index in [9.17, 15) is 24.3 Å². The smallest absolute Gasteiger partial charge is 0.319 e. The van der Waals surface area contributed by atoms with Crippen LogP contribution in [0.15, 0.2) is 54.6 Å². The fourth-order valence-corrected chi connectivity index (χ4v) is 3.14. The minimum absolute atomic E-state index is 0.0664. The Bertz CT molecular complexity index is 878. The number of aliphatic carboxylic acids is 1. The van der Waals surface area contributed by atoms with Gasteiger partial charge in [0.15, 0.2) is 0 Å². The second-order valence-corrected chi connectivity index (χ2v) is 5.60. The average molecular weight is 338 g/mol. The van der Waals surface area contributed by atoms with Crippen molar-refractivity contribution in [1.82, 2.24) is 4.90 Å². The van der Waals surface area contributed by atoms with E-state index in [1.54, 1.807) is 42.5 Å². The summed E-state index contributed by atoms with van der Waals surface area (Å²) in [5.74, 6) is -5.72. The van der Waals surface area contributed by atoms with Crippen LogP contribution in [0.2, 0.25) is 0 Å². The van der Waals surface area contributed by atoms with E-state index in [0.717, 1.165) is 0 Å². The maximum absolute atomic E-state index is 12.8. The lowest BCUT2D eigenvalue weighted by atomic mass is 9.79. The SMILES string of the molecule is NC(=O)C(=O)N1C(=O)c2ccccc2C(C(=O)O)C1c1ccccc1. The summed E-state index contributed by atoms with van der Waals surface area (Å²) in [6.07, 6.45) is 0. The summed E-state index contributed by atoms with van der Waals surface area (Å²) in [4.78, 5) is 49.2. The van der Waals surface area contributed by atoms with E-state index < -0.39 is 35.7 Å². The molecule has 3 amide bonds. The normalized spacial score (nSPS) is 19.2. The summed E-state index contributed by atoms with van der Waals surface area (Å²) in [5.41, 5.74) is 5.86. The van der Waals surface area contributed by atoms with Gasteiger partial charge in [-0.1, -0.05) is 48.5 Å². The van der Waals surface area contributed by atoms with E-state index >= 15 is 0 Å². The predicted molar refractivity (Wildman–Crippen MR) is 86.4 cm³/mol. The molecule has 2 aromatic carbocycles. The molecule has 1 aliphatic rings. The molecule has 0 aromatic heterocycles. The van der Waals surface area contributed by atoms with Gasteiger partial charge < -0.3 is 10.8 Å². The first kappa shape index (κ1) is 16.4. The van der Waals surface area contributed by atoms with Crippen LogP contribution in [0.25, 0.3) is 0 Å². The first-order chi connectivity index (χ1) is 11.9. The number of carbonyl (C=O) groups excluding carboxylic acids is 3. The summed E-state index contributed by atoms with van der Waals surface area (Å²) < 4.78 is 0. The Labute approximate surface area is 142 Å². The molecule has 0 fully saturated rings. The number of benzene rings is 2. The average Bonchev–Trinajstić information content (AvgIpc) is 2.61. The number of nitrogens with two attached hydrogens (primary N) is 1. The van der Waals surface area contributed by atoms with Gasteiger partial charge in [-0.2, -0.15) is 0 Å². The van der Waals surface area contributed by atoms with Crippen molar-refractivity contribution in [3.8, 4) is 0 Å². The number of fused-ring (bicyclic) bond motifs is 1. The summed E-state index contributed by atoms with van der Waals surface area (Å²) in [6.45, 7) is 0. The fraction of sp³-hybridized carbons (Fsp3) is 0.111. The number of carboxylic acids is 1. The number of carbonyl (C=O) groups is 4. The van der Waals surface area contributed by atoms with Crippen molar-refractivity contribution >= 4 is 23.7 Å². The molecule has 0 saturated carbocycles. The molecule has 7 heteroatoms. The molecule has 3 N–H and O–H groups in total. The molecule has 1 heterocycles.